The van der Waals surface area contributed by atoms with E-state index in [0.29, 0.717) is 16.5 Å². The number of aromatic nitrogens is 2. The van der Waals surface area contributed by atoms with E-state index in [2.05, 4.69) is 15.6 Å². The van der Waals surface area contributed by atoms with Gasteiger partial charge in [0.05, 0.1) is 17.3 Å². The minimum absolute atomic E-state index is 0.124. The van der Waals surface area contributed by atoms with Crippen LogP contribution in [0.5, 0.6) is 0 Å². The molecule has 0 saturated heterocycles. The van der Waals surface area contributed by atoms with Gasteiger partial charge in [0.2, 0.25) is 0 Å². The van der Waals surface area contributed by atoms with Crippen molar-refractivity contribution in [3.63, 3.8) is 0 Å². The van der Waals surface area contributed by atoms with Crippen LogP contribution in [0.1, 0.15) is 16.1 Å². The molecule has 4 aromatic rings. The quantitative estimate of drug-likeness (QED) is 0.404. The summed E-state index contributed by atoms with van der Waals surface area (Å²) in [7, 11) is 3.94. The lowest BCUT2D eigenvalue weighted by Crippen LogP contribution is -2.28. The molecule has 0 fully saturated rings. The van der Waals surface area contributed by atoms with Gasteiger partial charge in [-0.1, -0.05) is 48.5 Å². The summed E-state index contributed by atoms with van der Waals surface area (Å²) in [5, 5.41) is 9.29. The van der Waals surface area contributed by atoms with Crippen LogP contribution in [0, 0.1) is 0 Å². The molecule has 154 valence electrons. The van der Waals surface area contributed by atoms with E-state index in [-0.39, 0.29) is 11.3 Å². The van der Waals surface area contributed by atoms with Crippen molar-refractivity contribution in [3.8, 4) is 5.69 Å². The molecule has 7 nitrogen and oxygen atoms in total. The maximum atomic E-state index is 12.9. The second-order valence-corrected chi connectivity index (χ2v) is 7.13. The minimum atomic E-state index is -0.498. The molecule has 0 radical (unpaired) electrons. The topological polar surface area (TPSA) is 79.6 Å². The van der Waals surface area contributed by atoms with E-state index >= 15 is 0 Å². The van der Waals surface area contributed by atoms with E-state index in [0.717, 1.165) is 11.3 Å². The van der Waals surface area contributed by atoms with Crippen molar-refractivity contribution in [1.82, 2.24) is 15.2 Å². The number of amides is 1. The number of benzene rings is 3. The molecule has 1 heterocycles. The van der Waals surface area contributed by atoms with Crippen LogP contribution >= 0.6 is 0 Å². The van der Waals surface area contributed by atoms with Gasteiger partial charge in [0.25, 0.3) is 11.5 Å². The van der Waals surface area contributed by atoms with Gasteiger partial charge in [-0.15, -0.1) is 0 Å². The number of hydrogen-bond donors (Lipinski definition) is 1. The summed E-state index contributed by atoms with van der Waals surface area (Å²) in [5.41, 5.74) is 4.85. The second-order valence-electron chi connectivity index (χ2n) is 7.13. The number of rotatable bonds is 5. The largest absolute Gasteiger partial charge is 0.378 e. The summed E-state index contributed by atoms with van der Waals surface area (Å²) in [6, 6.07) is 23.7. The molecule has 4 rings (SSSR count). The Bertz CT molecular complexity index is 1310. The lowest BCUT2D eigenvalue weighted by molar-refractivity contribution is 0.0950. The molecule has 0 aliphatic heterocycles. The molecule has 1 aromatic heterocycles. The average molecular weight is 411 g/mol. The van der Waals surface area contributed by atoms with Crippen molar-refractivity contribution in [1.29, 1.82) is 0 Å². The maximum Gasteiger partial charge on any atom is 0.292 e. The van der Waals surface area contributed by atoms with Gasteiger partial charge in [0, 0.05) is 25.2 Å². The summed E-state index contributed by atoms with van der Waals surface area (Å²) >= 11 is 0. The van der Waals surface area contributed by atoms with Crippen LogP contribution in [0.15, 0.2) is 88.8 Å². The van der Waals surface area contributed by atoms with Gasteiger partial charge in [0.1, 0.15) is 0 Å². The zero-order chi connectivity index (χ0) is 21.8. The Morgan fingerprint density at radius 1 is 0.935 bits per heavy atom. The molecule has 0 spiro atoms. The lowest BCUT2D eigenvalue weighted by Gasteiger charge is -2.11. The molecular formula is C24H21N5O2. The molecule has 7 heteroatoms. The normalized spacial score (nSPS) is 11.0. The van der Waals surface area contributed by atoms with Crippen LogP contribution in [0.2, 0.25) is 0 Å². The fraction of sp³-hybridized carbons (Fsp3) is 0.0833. The Hall–Kier alpha value is -4.26. The smallest absolute Gasteiger partial charge is 0.292 e. The van der Waals surface area contributed by atoms with Gasteiger partial charge in [-0.25, -0.2) is 5.43 Å². The molecule has 31 heavy (non-hydrogen) atoms. The second kappa shape index (κ2) is 8.62. The first kappa shape index (κ1) is 20.0. The number of fused-ring (bicyclic) bond motifs is 1. The third-order valence-corrected chi connectivity index (χ3v) is 4.81. The average Bonchev–Trinajstić information content (AvgIpc) is 2.80. The standard InChI is InChI=1S/C24H21N5O2/c1-28(2)18-14-12-17(13-15-18)16-25-26-23(30)22-20-10-6-7-11-21(20)24(31)29(27-22)19-8-4-3-5-9-19/h3-16H,1-2H3,(H,26,30)/b25-16-. The zero-order valence-corrected chi connectivity index (χ0v) is 17.2. The number of hydrogen-bond acceptors (Lipinski definition) is 5. The van der Waals surface area contributed by atoms with Gasteiger partial charge in [0.15, 0.2) is 5.69 Å². The van der Waals surface area contributed by atoms with E-state index in [1.807, 2.05) is 61.5 Å². The Balaban J connectivity index is 1.66. The molecule has 0 aliphatic carbocycles. The first-order valence-corrected chi connectivity index (χ1v) is 9.73. The third-order valence-electron chi connectivity index (χ3n) is 4.81. The Morgan fingerprint density at radius 2 is 1.58 bits per heavy atom. The van der Waals surface area contributed by atoms with Gasteiger partial charge >= 0.3 is 0 Å². The van der Waals surface area contributed by atoms with E-state index in [1.54, 1.807) is 42.6 Å². The highest BCUT2D eigenvalue weighted by Crippen LogP contribution is 2.15. The highest BCUT2D eigenvalue weighted by Gasteiger charge is 2.17. The third kappa shape index (κ3) is 4.20. The number of nitrogens with zero attached hydrogens (tertiary/aromatic N) is 4. The molecule has 1 amide bonds. The highest BCUT2D eigenvalue weighted by atomic mass is 16.2. The summed E-state index contributed by atoms with van der Waals surface area (Å²) in [5.74, 6) is -0.498. The first-order chi connectivity index (χ1) is 15.0. The number of carbonyl (C=O) groups is 1. The van der Waals surface area contributed by atoms with Crippen molar-refractivity contribution in [2.75, 3.05) is 19.0 Å². The fourth-order valence-electron chi connectivity index (χ4n) is 3.18. The lowest BCUT2D eigenvalue weighted by atomic mass is 10.1. The number of nitrogens with one attached hydrogen (secondary N) is 1. The fourth-order valence-corrected chi connectivity index (χ4v) is 3.18. The van der Waals surface area contributed by atoms with Crippen LogP contribution < -0.4 is 15.9 Å². The van der Waals surface area contributed by atoms with E-state index in [9.17, 15) is 9.59 Å². The van der Waals surface area contributed by atoms with Crippen molar-refractivity contribution < 1.29 is 4.79 Å². The van der Waals surface area contributed by atoms with Crippen molar-refractivity contribution in [2.45, 2.75) is 0 Å². The van der Waals surface area contributed by atoms with Gasteiger partial charge in [-0.3, -0.25) is 9.59 Å². The number of anilines is 1. The van der Waals surface area contributed by atoms with E-state index in [1.165, 1.54) is 4.68 Å². The van der Waals surface area contributed by atoms with Gasteiger partial charge < -0.3 is 4.90 Å². The molecule has 0 bridgehead atoms. The van der Waals surface area contributed by atoms with E-state index < -0.39 is 5.91 Å². The summed E-state index contributed by atoms with van der Waals surface area (Å²) < 4.78 is 1.24. The Morgan fingerprint density at radius 3 is 2.26 bits per heavy atom. The Labute approximate surface area is 179 Å². The van der Waals surface area contributed by atoms with E-state index in [4.69, 9.17) is 0 Å². The van der Waals surface area contributed by atoms with Crippen LogP contribution in [0.4, 0.5) is 5.69 Å². The van der Waals surface area contributed by atoms with Crippen molar-refractivity contribution in [3.05, 3.63) is 100 Å². The SMILES string of the molecule is CN(C)c1ccc(/C=N\NC(=O)c2nn(-c3ccccc3)c(=O)c3ccccc23)cc1. The molecule has 1 N–H and O–H groups in total. The molecular weight excluding hydrogens is 390 g/mol. The highest BCUT2D eigenvalue weighted by molar-refractivity contribution is 6.05. The van der Waals surface area contributed by atoms with Crippen molar-refractivity contribution >= 4 is 28.6 Å². The van der Waals surface area contributed by atoms with Gasteiger partial charge in [-0.05, 0) is 35.9 Å². The number of carbonyl (C=O) groups excluding carboxylic acids is 1. The predicted molar refractivity (Wildman–Crippen MR) is 123 cm³/mol. The molecule has 0 saturated carbocycles. The Kier molecular flexibility index (Phi) is 5.57. The number of hydrazone groups is 1. The molecule has 3 aromatic carbocycles. The molecule has 0 aliphatic rings. The minimum Gasteiger partial charge on any atom is -0.378 e. The number of para-hydroxylation sites is 1. The molecule has 0 unspecified atom stereocenters. The summed E-state index contributed by atoms with van der Waals surface area (Å²) in [6.45, 7) is 0. The van der Waals surface area contributed by atoms with Gasteiger partial charge in [-0.2, -0.15) is 14.9 Å². The summed E-state index contributed by atoms with van der Waals surface area (Å²) in [4.78, 5) is 27.8. The van der Waals surface area contributed by atoms with Crippen molar-refractivity contribution in [2.24, 2.45) is 5.10 Å². The molecule has 0 atom stereocenters. The maximum absolute atomic E-state index is 12.9. The van der Waals surface area contributed by atoms with Crippen LogP contribution in [0.3, 0.4) is 0 Å². The van der Waals surface area contributed by atoms with Crippen LogP contribution in [-0.4, -0.2) is 36.0 Å². The summed E-state index contributed by atoms with van der Waals surface area (Å²) in [6.07, 6.45) is 1.56. The monoisotopic (exact) mass is 411 g/mol. The predicted octanol–water partition coefficient (Wildman–Crippen LogP) is 3.22. The van der Waals surface area contributed by atoms with Crippen LogP contribution in [0.25, 0.3) is 16.5 Å². The zero-order valence-electron chi connectivity index (χ0n) is 17.2. The van der Waals surface area contributed by atoms with Crippen LogP contribution in [-0.2, 0) is 0 Å². The first-order valence-electron chi connectivity index (χ1n) is 9.73.